The Morgan fingerprint density at radius 3 is 2.61 bits per heavy atom. The molecule has 3 rings (SSSR count). The van der Waals surface area contributed by atoms with Crippen molar-refractivity contribution in [2.24, 2.45) is 0 Å². The Bertz CT molecular complexity index is 578. The van der Waals surface area contributed by atoms with Gasteiger partial charge in [0, 0.05) is 5.56 Å². The zero-order chi connectivity index (χ0) is 12.5. The average Bonchev–Trinajstić information content (AvgIpc) is 2.86. The summed E-state index contributed by atoms with van der Waals surface area (Å²) in [5.74, 6) is 1.57. The number of benzene rings is 1. The van der Waals surface area contributed by atoms with Gasteiger partial charge in [0.2, 0.25) is 0 Å². The summed E-state index contributed by atoms with van der Waals surface area (Å²) in [4.78, 5) is 7.21. The van der Waals surface area contributed by atoms with Gasteiger partial charge in [-0.15, -0.1) is 0 Å². The van der Waals surface area contributed by atoms with Gasteiger partial charge in [0.25, 0.3) is 6.01 Å². The standard InChI is InChI=1S/C13H14N2O3/c1-8-5-11-12(18-4-3-17-11)6-9(8)10-7-14-13(15-10)16-2/h5-7H,3-4H2,1-2H3,(H,14,15). The molecule has 94 valence electrons. The maximum absolute atomic E-state index is 5.58. The lowest BCUT2D eigenvalue weighted by molar-refractivity contribution is 0.171. The predicted octanol–water partition coefficient (Wildman–Crippen LogP) is 2.16. The summed E-state index contributed by atoms with van der Waals surface area (Å²) in [6.07, 6.45) is 1.75. The second kappa shape index (κ2) is 4.25. The van der Waals surface area contributed by atoms with Crippen LogP contribution in [-0.2, 0) is 0 Å². The molecule has 0 atom stereocenters. The van der Waals surface area contributed by atoms with Gasteiger partial charge in [-0.1, -0.05) is 0 Å². The van der Waals surface area contributed by atoms with Crippen LogP contribution in [0.25, 0.3) is 11.3 Å². The number of hydrogen-bond donors (Lipinski definition) is 1. The minimum atomic E-state index is 0.499. The summed E-state index contributed by atoms with van der Waals surface area (Å²) in [7, 11) is 1.58. The highest BCUT2D eigenvalue weighted by Gasteiger charge is 2.16. The fourth-order valence-electron chi connectivity index (χ4n) is 2.02. The van der Waals surface area contributed by atoms with Crippen LogP contribution < -0.4 is 14.2 Å². The van der Waals surface area contributed by atoms with Gasteiger partial charge in [-0.3, -0.25) is 0 Å². The van der Waals surface area contributed by atoms with Crippen LogP contribution in [-0.4, -0.2) is 30.3 Å². The smallest absolute Gasteiger partial charge is 0.293 e. The van der Waals surface area contributed by atoms with Gasteiger partial charge in [-0.2, -0.15) is 0 Å². The van der Waals surface area contributed by atoms with Gasteiger partial charge in [0.05, 0.1) is 19.0 Å². The van der Waals surface area contributed by atoms with E-state index in [0.717, 1.165) is 28.3 Å². The molecule has 1 aromatic heterocycles. The predicted molar refractivity (Wildman–Crippen MR) is 66.3 cm³/mol. The van der Waals surface area contributed by atoms with Crippen LogP contribution in [0.4, 0.5) is 0 Å². The molecule has 0 saturated carbocycles. The van der Waals surface area contributed by atoms with Crippen LogP contribution >= 0.6 is 0 Å². The summed E-state index contributed by atoms with van der Waals surface area (Å²) in [6.45, 7) is 3.21. The molecular weight excluding hydrogens is 232 g/mol. The summed E-state index contributed by atoms with van der Waals surface area (Å²) in [5, 5.41) is 0. The molecule has 0 radical (unpaired) electrons. The maximum Gasteiger partial charge on any atom is 0.293 e. The van der Waals surface area contributed by atoms with Gasteiger partial charge >= 0.3 is 0 Å². The quantitative estimate of drug-likeness (QED) is 0.882. The van der Waals surface area contributed by atoms with E-state index in [1.54, 1.807) is 13.3 Å². The number of hydrogen-bond acceptors (Lipinski definition) is 4. The van der Waals surface area contributed by atoms with Crippen molar-refractivity contribution in [2.45, 2.75) is 6.92 Å². The number of aryl methyl sites for hydroxylation is 1. The van der Waals surface area contributed by atoms with Crippen molar-refractivity contribution >= 4 is 0 Å². The fraction of sp³-hybridized carbons (Fsp3) is 0.308. The molecular formula is C13H14N2O3. The van der Waals surface area contributed by atoms with Gasteiger partial charge in [0.1, 0.15) is 13.2 Å². The van der Waals surface area contributed by atoms with E-state index in [-0.39, 0.29) is 0 Å². The normalized spacial score (nSPS) is 13.4. The number of nitrogens with zero attached hydrogens (tertiary/aromatic N) is 1. The molecule has 0 saturated heterocycles. The molecule has 5 nitrogen and oxygen atoms in total. The van der Waals surface area contributed by atoms with Crippen LogP contribution in [0, 0.1) is 6.92 Å². The number of aromatic amines is 1. The SMILES string of the molecule is COc1ncc(-c2cc3c(cc2C)OCCO3)[nH]1. The van der Waals surface area contributed by atoms with Crippen LogP contribution in [0.5, 0.6) is 17.5 Å². The first-order chi connectivity index (χ1) is 8.78. The highest BCUT2D eigenvalue weighted by Crippen LogP contribution is 2.36. The lowest BCUT2D eigenvalue weighted by atomic mass is 10.1. The Labute approximate surface area is 105 Å². The van der Waals surface area contributed by atoms with Gasteiger partial charge in [-0.05, 0) is 24.6 Å². The Balaban J connectivity index is 2.06. The van der Waals surface area contributed by atoms with Crippen molar-refractivity contribution in [3.05, 3.63) is 23.9 Å². The van der Waals surface area contributed by atoms with Crippen LogP contribution in [0.15, 0.2) is 18.3 Å². The summed E-state index contributed by atoms with van der Waals surface area (Å²) in [5.41, 5.74) is 3.04. The molecule has 0 aliphatic carbocycles. The third kappa shape index (κ3) is 1.77. The molecule has 0 spiro atoms. The number of rotatable bonds is 2. The van der Waals surface area contributed by atoms with Crippen molar-refractivity contribution in [1.82, 2.24) is 9.97 Å². The molecule has 1 aromatic carbocycles. The van der Waals surface area contributed by atoms with E-state index in [1.165, 1.54) is 0 Å². The van der Waals surface area contributed by atoms with Crippen molar-refractivity contribution in [3.63, 3.8) is 0 Å². The van der Waals surface area contributed by atoms with Gasteiger partial charge < -0.3 is 19.2 Å². The molecule has 18 heavy (non-hydrogen) atoms. The average molecular weight is 246 g/mol. The first-order valence-electron chi connectivity index (χ1n) is 5.77. The molecule has 0 amide bonds. The Hall–Kier alpha value is -2.17. The lowest BCUT2D eigenvalue weighted by Crippen LogP contribution is -2.15. The van der Waals surface area contributed by atoms with Crippen LogP contribution in [0.3, 0.4) is 0 Å². The molecule has 0 unspecified atom stereocenters. The van der Waals surface area contributed by atoms with Crippen molar-refractivity contribution in [3.8, 4) is 28.8 Å². The summed E-state index contributed by atoms with van der Waals surface area (Å²) < 4.78 is 16.2. The molecule has 2 heterocycles. The fourth-order valence-corrected chi connectivity index (χ4v) is 2.02. The van der Waals surface area contributed by atoms with E-state index >= 15 is 0 Å². The first kappa shape index (κ1) is 11.0. The summed E-state index contributed by atoms with van der Waals surface area (Å²) in [6, 6.07) is 4.45. The number of fused-ring (bicyclic) bond motifs is 1. The lowest BCUT2D eigenvalue weighted by Gasteiger charge is -2.20. The van der Waals surface area contributed by atoms with E-state index in [1.807, 2.05) is 19.1 Å². The van der Waals surface area contributed by atoms with Gasteiger partial charge in [-0.25, -0.2) is 4.98 Å². The van der Waals surface area contributed by atoms with Crippen molar-refractivity contribution in [2.75, 3.05) is 20.3 Å². The highest BCUT2D eigenvalue weighted by atomic mass is 16.6. The zero-order valence-corrected chi connectivity index (χ0v) is 10.3. The highest BCUT2D eigenvalue weighted by molar-refractivity contribution is 5.68. The molecule has 0 bridgehead atoms. The summed E-state index contributed by atoms with van der Waals surface area (Å²) >= 11 is 0. The molecule has 1 aliphatic heterocycles. The van der Waals surface area contributed by atoms with Gasteiger partial charge in [0.15, 0.2) is 11.5 Å². The number of imidazole rings is 1. The molecule has 1 aliphatic rings. The van der Waals surface area contributed by atoms with Crippen molar-refractivity contribution in [1.29, 1.82) is 0 Å². The third-order valence-corrected chi connectivity index (χ3v) is 2.93. The van der Waals surface area contributed by atoms with E-state index in [2.05, 4.69) is 9.97 Å². The number of H-pyrrole nitrogens is 1. The number of methoxy groups -OCH3 is 1. The topological polar surface area (TPSA) is 56.4 Å². The Morgan fingerprint density at radius 1 is 1.22 bits per heavy atom. The second-order valence-electron chi connectivity index (χ2n) is 4.12. The minimum Gasteiger partial charge on any atom is -0.486 e. The number of ether oxygens (including phenoxy) is 3. The second-order valence-corrected chi connectivity index (χ2v) is 4.12. The molecule has 0 fully saturated rings. The van der Waals surface area contributed by atoms with E-state index in [0.29, 0.717) is 19.2 Å². The largest absolute Gasteiger partial charge is 0.486 e. The zero-order valence-electron chi connectivity index (χ0n) is 10.3. The number of aromatic nitrogens is 2. The maximum atomic E-state index is 5.58. The van der Waals surface area contributed by atoms with Crippen LogP contribution in [0.1, 0.15) is 5.56 Å². The Morgan fingerprint density at radius 2 is 1.94 bits per heavy atom. The molecule has 1 N–H and O–H groups in total. The molecule has 2 aromatic rings. The van der Waals surface area contributed by atoms with E-state index in [4.69, 9.17) is 14.2 Å². The minimum absolute atomic E-state index is 0.499. The number of nitrogens with one attached hydrogen (secondary N) is 1. The monoisotopic (exact) mass is 246 g/mol. The van der Waals surface area contributed by atoms with E-state index in [9.17, 15) is 0 Å². The molecule has 5 heteroatoms. The van der Waals surface area contributed by atoms with E-state index < -0.39 is 0 Å². The van der Waals surface area contributed by atoms with Crippen LogP contribution in [0.2, 0.25) is 0 Å². The van der Waals surface area contributed by atoms with Crippen molar-refractivity contribution < 1.29 is 14.2 Å². The Kier molecular flexibility index (Phi) is 2.59. The third-order valence-electron chi connectivity index (χ3n) is 2.93. The first-order valence-corrected chi connectivity index (χ1v) is 5.77.